The van der Waals surface area contributed by atoms with Crippen LogP contribution in [0.1, 0.15) is 30.9 Å². The topological polar surface area (TPSA) is 53.9 Å². The molecule has 1 N–H and O–H groups in total. The van der Waals surface area contributed by atoms with Crippen molar-refractivity contribution in [3.05, 3.63) is 35.4 Å². The molecule has 1 aromatic carbocycles. The first-order chi connectivity index (χ1) is 12.3. The molecule has 0 spiro atoms. The number of esters is 1. The SMILES string of the molecule is CCOC(=O)C1CCN(C(=NC)NCc2ccc(C(F)(F)F)cc2)CC1.I. The van der Waals surface area contributed by atoms with Crippen LogP contribution in [-0.2, 0) is 22.3 Å². The fourth-order valence-corrected chi connectivity index (χ4v) is 2.91. The highest BCUT2D eigenvalue weighted by atomic mass is 127. The van der Waals surface area contributed by atoms with Gasteiger partial charge in [0.1, 0.15) is 0 Å². The molecule has 5 nitrogen and oxygen atoms in total. The second-order valence-corrected chi connectivity index (χ2v) is 6.11. The van der Waals surface area contributed by atoms with Crippen molar-refractivity contribution >= 4 is 35.9 Å². The molecule has 0 saturated carbocycles. The number of benzene rings is 1. The zero-order valence-corrected chi connectivity index (χ0v) is 17.7. The number of carbonyl (C=O) groups is 1. The van der Waals surface area contributed by atoms with Gasteiger partial charge in [-0.05, 0) is 37.5 Å². The molecule has 152 valence electrons. The fraction of sp³-hybridized carbons (Fsp3) is 0.556. The van der Waals surface area contributed by atoms with Crippen LogP contribution in [0.15, 0.2) is 29.3 Å². The van der Waals surface area contributed by atoms with Crippen molar-refractivity contribution in [2.45, 2.75) is 32.5 Å². The Hall–Kier alpha value is -1.52. The number of piperidine rings is 1. The average Bonchev–Trinajstić information content (AvgIpc) is 2.62. The molecule has 1 aromatic rings. The number of halogens is 4. The van der Waals surface area contributed by atoms with Gasteiger partial charge in [0.25, 0.3) is 0 Å². The third-order valence-electron chi connectivity index (χ3n) is 4.36. The number of ether oxygens (including phenoxy) is 1. The Labute approximate surface area is 174 Å². The van der Waals surface area contributed by atoms with E-state index < -0.39 is 11.7 Å². The first-order valence-corrected chi connectivity index (χ1v) is 8.63. The summed E-state index contributed by atoms with van der Waals surface area (Å²) in [4.78, 5) is 18.1. The standard InChI is InChI=1S/C18H24F3N3O2.HI/c1-3-26-16(25)14-8-10-24(11-9-14)17(22-2)23-12-13-4-6-15(7-5-13)18(19,20)21;/h4-7,14H,3,8-12H2,1-2H3,(H,22,23);1H. The summed E-state index contributed by atoms with van der Waals surface area (Å²) < 4.78 is 42.8. The minimum absolute atomic E-state index is 0. The Morgan fingerprint density at radius 1 is 1.26 bits per heavy atom. The number of hydrogen-bond donors (Lipinski definition) is 1. The maximum Gasteiger partial charge on any atom is 0.416 e. The number of likely N-dealkylation sites (tertiary alicyclic amines) is 1. The number of carbonyl (C=O) groups excluding carboxylic acids is 1. The third-order valence-corrected chi connectivity index (χ3v) is 4.36. The summed E-state index contributed by atoms with van der Waals surface area (Å²) in [6, 6.07) is 5.06. The molecule has 0 aromatic heterocycles. The summed E-state index contributed by atoms with van der Waals surface area (Å²) in [5.41, 5.74) is 0.0761. The van der Waals surface area contributed by atoms with Gasteiger partial charge >= 0.3 is 12.1 Å². The zero-order chi connectivity index (χ0) is 19.2. The van der Waals surface area contributed by atoms with E-state index in [1.807, 2.05) is 4.90 Å². The molecule has 2 rings (SSSR count). The van der Waals surface area contributed by atoms with Crippen molar-refractivity contribution in [1.29, 1.82) is 0 Å². The first-order valence-electron chi connectivity index (χ1n) is 8.63. The predicted octanol–water partition coefficient (Wildman–Crippen LogP) is 3.67. The molecular formula is C18H25F3IN3O2. The van der Waals surface area contributed by atoms with Crippen LogP contribution >= 0.6 is 24.0 Å². The van der Waals surface area contributed by atoms with E-state index in [9.17, 15) is 18.0 Å². The van der Waals surface area contributed by atoms with E-state index in [-0.39, 0.29) is 35.9 Å². The second kappa shape index (κ2) is 10.7. The fourth-order valence-electron chi connectivity index (χ4n) is 2.91. The lowest BCUT2D eigenvalue weighted by Crippen LogP contribution is -2.46. The van der Waals surface area contributed by atoms with E-state index in [0.717, 1.165) is 17.7 Å². The van der Waals surface area contributed by atoms with Gasteiger partial charge in [0, 0.05) is 26.7 Å². The Morgan fingerprint density at radius 2 is 1.85 bits per heavy atom. The van der Waals surface area contributed by atoms with E-state index in [1.165, 1.54) is 12.1 Å². The van der Waals surface area contributed by atoms with Gasteiger partial charge in [-0.1, -0.05) is 12.1 Å². The van der Waals surface area contributed by atoms with Gasteiger partial charge < -0.3 is 15.0 Å². The molecule has 0 atom stereocenters. The molecule has 27 heavy (non-hydrogen) atoms. The third kappa shape index (κ3) is 6.86. The number of aliphatic imine (C=N–C) groups is 1. The van der Waals surface area contributed by atoms with E-state index >= 15 is 0 Å². The highest BCUT2D eigenvalue weighted by molar-refractivity contribution is 14.0. The molecule has 1 aliphatic rings. The molecule has 1 saturated heterocycles. The quantitative estimate of drug-likeness (QED) is 0.298. The van der Waals surface area contributed by atoms with Crippen LogP contribution in [-0.4, -0.2) is 43.6 Å². The zero-order valence-electron chi connectivity index (χ0n) is 15.4. The number of guanidine groups is 1. The van der Waals surface area contributed by atoms with Crippen LogP contribution in [0.25, 0.3) is 0 Å². The molecule has 0 aliphatic carbocycles. The van der Waals surface area contributed by atoms with E-state index in [1.54, 1.807) is 14.0 Å². The van der Waals surface area contributed by atoms with E-state index in [0.29, 0.717) is 45.0 Å². The monoisotopic (exact) mass is 499 g/mol. The predicted molar refractivity (Wildman–Crippen MR) is 108 cm³/mol. The van der Waals surface area contributed by atoms with Gasteiger partial charge in [0.15, 0.2) is 5.96 Å². The average molecular weight is 499 g/mol. The molecule has 0 bridgehead atoms. The van der Waals surface area contributed by atoms with Crippen LogP contribution in [0.2, 0.25) is 0 Å². The lowest BCUT2D eigenvalue weighted by atomic mass is 9.97. The van der Waals surface area contributed by atoms with Crippen molar-refractivity contribution < 1.29 is 22.7 Å². The van der Waals surface area contributed by atoms with Gasteiger partial charge in [0.2, 0.25) is 0 Å². The van der Waals surface area contributed by atoms with Crippen LogP contribution in [0.5, 0.6) is 0 Å². The largest absolute Gasteiger partial charge is 0.466 e. The summed E-state index contributed by atoms with van der Waals surface area (Å²) in [5, 5.41) is 3.16. The molecule has 0 unspecified atom stereocenters. The number of nitrogens with one attached hydrogen (secondary N) is 1. The van der Waals surface area contributed by atoms with Crippen molar-refractivity contribution in [2.75, 3.05) is 26.7 Å². The van der Waals surface area contributed by atoms with Crippen molar-refractivity contribution in [3.63, 3.8) is 0 Å². The second-order valence-electron chi connectivity index (χ2n) is 6.11. The van der Waals surface area contributed by atoms with Gasteiger partial charge in [-0.15, -0.1) is 24.0 Å². The molecule has 1 aliphatic heterocycles. The van der Waals surface area contributed by atoms with Gasteiger partial charge in [-0.2, -0.15) is 13.2 Å². The number of alkyl halides is 3. The lowest BCUT2D eigenvalue weighted by molar-refractivity contribution is -0.149. The summed E-state index contributed by atoms with van der Waals surface area (Å²) in [5.74, 6) is 0.436. The van der Waals surface area contributed by atoms with Crippen LogP contribution < -0.4 is 5.32 Å². The van der Waals surface area contributed by atoms with Crippen LogP contribution in [0.4, 0.5) is 13.2 Å². The maximum atomic E-state index is 12.6. The number of hydrogen-bond acceptors (Lipinski definition) is 3. The summed E-state index contributed by atoms with van der Waals surface area (Å²) in [6.45, 7) is 3.91. The molecule has 0 amide bonds. The Balaban J connectivity index is 0.00000364. The Morgan fingerprint density at radius 3 is 2.33 bits per heavy atom. The van der Waals surface area contributed by atoms with Gasteiger partial charge in [-0.25, -0.2) is 0 Å². The van der Waals surface area contributed by atoms with Gasteiger partial charge in [-0.3, -0.25) is 9.79 Å². The van der Waals surface area contributed by atoms with Gasteiger partial charge in [0.05, 0.1) is 18.1 Å². The summed E-state index contributed by atoms with van der Waals surface area (Å²) in [7, 11) is 1.66. The van der Waals surface area contributed by atoms with Crippen LogP contribution in [0.3, 0.4) is 0 Å². The minimum atomic E-state index is -4.33. The maximum absolute atomic E-state index is 12.6. The summed E-state index contributed by atoms with van der Waals surface area (Å²) >= 11 is 0. The van der Waals surface area contributed by atoms with E-state index in [2.05, 4.69) is 10.3 Å². The molecule has 1 heterocycles. The van der Waals surface area contributed by atoms with Crippen molar-refractivity contribution in [3.8, 4) is 0 Å². The smallest absolute Gasteiger partial charge is 0.416 e. The lowest BCUT2D eigenvalue weighted by Gasteiger charge is -2.33. The molecular weight excluding hydrogens is 474 g/mol. The van der Waals surface area contributed by atoms with Crippen LogP contribution in [0, 0.1) is 5.92 Å². The highest BCUT2D eigenvalue weighted by Gasteiger charge is 2.30. The Bertz CT molecular complexity index is 628. The highest BCUT2D eigenvalue weighted by Crippen LogP contribution is 2.29. The molecule has 0 radical (unpaired) electrons. The molecule has 9 heteroatoms. The normalized spacial score (nSPS) is 15.9. The first kappa shape index (κ1) is 23.5. The molecule has 1 fully saturated rings. The number of nitrogens with zero attached hydrogens (tertiary/aromatic N) is 2. The summed E-state index contributed by atoms with van der Waals surface area (Å²) in [6.07, 6.45) is -2.94. The Kier molecular flexibility index (Phi) is 9.34. The minimum Gasteiger partial charge on any atom is -0.466 e. The van der Waals surface area contributed by atoms with E-state index in [4.69, 9.17) is 4.74 Å². The van der Waals surface area contributed by atoms with Crippen molar-refractivity contribution in [2.24, 2.45) is 10.9 Å². The van der Waals surface area contributed by atoms with Crippen molar-refractivity contribution in [1.82, 2.24) is 10.2 Å². The number of rotatable bonds is 4.